The second-order valence-corrected chi connectivity index (χ2v) is 6.98. The lowest BCUT2D eigenvalue weighted by Gasteiger charge is -2.31. The largest absolute Gasteiger partial charge is 0.482 e. The lowest BCUT2D eigenvalue weighted by molar-refractivity contribution is -0.134. The van der Waals surface area contributed by atoms with Gasteiger partial charge in [-0.2, -0.15) is 0 Å². The lowest BCUT2D eigenvalue weighted by Crippen LogP contribution is -2.41. The van der Waals surface area contributed by atoms with Crippen LogP contribution < -0.4 is 4.74 Å². The number of ether oxygens (including phenoxy) is 1. The molecular formula is C22H23N3O3. The van der Waals surface area contributed by atoms with Crippen LogP contribution in [0.15, 0.2) is 65.5 Å². The molecule has 0 N–H and O–H groups in total. The Balaban J connectivity index is 1.34. The van der Waals surface area contributed by atoms with E-state index in [1.54, 1.807) is 30.7 Å². The third-order valence-corrected chi connectivity index (χ3v) is 4.91. The number of aromatic nitrogens is 2. The van der Waals surface area contributed by atoms with Crippen molar-refractivity contribution >= 4 is 5.91 Å². The summed E-state index contributed by atoms with van der Waals surface area (Å²) >= 11 is 0. The molecule has 6 heteroatoms. The van der Waals surface area contributed by atoms with Crippen molar-refractivity contribution in [2.75, 3.05) is 19.7 Å². The predicted molar refractivity (Wildman–Crippen MR) is 104 cm³/mol. The van der Waals surface area contributed by atoms with Crippen LogP contribution in [0.2, 0.25) is 0 Å². The van der Waals surface area contributed by atoms with Gasteiger partial charge in [-0.05, 0) is 30.5 Å². The molecule has 0 saturated carbocycles. The fourth-order valence-corrected chi connectivity index (χ4v) is 3.46. The zero-order chi connectivity index (χ0) is 19.2. The van der Waals surface area contributed by atoms with Crippen molar-refractivity contribution in [1.82, 2.24) is 14.9 Å². The first-order valence-corrected chi connectivity index (χ1v) is 9.57. The summed E-state index contributed by atoms with van der Waals surface area (Å²) in [4.78, 5) is 22.8. The van der Waals surface area contributed by atoms with Gasteiger partial charge in [-0.1, -0.05) is 30.3 Å². The van der Waals surface area contributed by atoms with Crippen LogP contribution in [-0.2, 0) is 11.2 Å². The predicted octanol–water partition coefficient (Wildman–Crippen LogP) is 3.45. The number of carbonyl (C=O) groups is 1. The Hall–Kier alpha value is -3.15. The van der Waals surface area contributed by atoms with E-state index in [4.69, 9.17) is 9.15 Å². The van der Waals surface area contributed by atoms with Crippen molar-refractivity contribution in [2.24, 2.45) is 0 Å². The van der Waals surface area contributed by atoms with Crippen LogP contribution in [0.4, 0.5) is 0 Å². The third kappa shape index (κ3) is 4.57. The van der Waals surface area contributed by atoms with E-state index < -0.39 is 0 Å². The molecule has 1 aliphatic heterocycles. The van der Waals surface area contributed by atoms with Gasteiger partial charge in [0.25, 0.3) is 5.91 Å². The van der Waals surface area contributed by atoms with E-state index in [0.29, 0.717) is 12.3 Å². The first-order chi connectivity index (χ1) is 13.8. The highest BCUT2D eigenvalue weighted by Gasteiger charge is 2.28. The lowest BCUT2D eigenvalue weighted by atomic mass is 9.98. The molecule has 1 aromatic carbocycles. The highest BCUT2D eigenvalue weighted by atomic mass is 16.5. The van der Waals surface area contributed by atoms with Crippen LogP contribution in [0.3, 0.4) is 0 Å². The van der Waals surface area contributed by atoms with Crippen LogP contribution >= 0.6 is 0 Å². The summed E-state index contributed by atoms with van der Waals surface area (Å²) in [6.45, 7) is 1.37. The van der Waals surface area contributed by atoms with E-state index in [9.17, 15) is 4.79 Å². The number of benzene rings is 1. The number of likely N-dealkylation sites (tertiary alicyclic amines) is 1. The summed E-state index contributed by atoms with van der Waals surface area (Å²) in [5.41, 5.74) is 1.19. The summed E-state index contributed by atoms with van der Waals surface area (Å²) in [6, 6.07) is 13.8. The Bertz CT molecular complexity index is 896. The molecule has 0 radical (unpaired) electrons. The van der Waals surface area contributed by atoms with Gasteiger partial charge >= 0.3 is 0 Å². The van der Waals surface area contributed by atoms with Gasteiger partial charge in [0.15, 0.2) is 12.5 Å². The quantitative estimate of drug-likeness (QED) is 0.658. The highest BCUT2D eigenvalue weighted by Crippen LogP contribution is 2.27. The number of amides is 1. The Morgan fingerprint density at radius 1 is 1.18 bits per heavy atom. The minimum atomic E-state index is -0.0235. The van der Waals surface area contributed by atoms with E-state index in [-0.39, 0.29) is 18.4 Å². The molecule has 0 unspecified atom stereocenters. The molecule has 6 nitrogen and oxygen atoms in total. The van der Waals surface area contributed by atoms with Gasteiger partial charge in [0, 0.05) is 25.7 Å². The molecule has 144 valence electrons. The maximum atomic E-state index is 12.5. The fourth-order valence-electron chi connectivity index (χ4n) is 3.46. The minimum absolute atomic E-state index is 0.0171. The number of hydrogen-bond acceptors (Lipinski definition) is 5. The highest BCUT2D eigenvalue weighted by molar-refractivity contribution is 5.78. The molecule has 4 rings (SSSR count). The SMILES string of the molecule is O=C(COc1cccnc1)N1CCC[C@H](c2ncc(Cc3ccccc3)o2)C1. The van der Waals surface area contributed by atoms with Gasteiger partial charge < -0.3 is 14.1 Å². The second kappa shape index (κ2) is 8.69. The van der Waals surface area contributed by atoms with Crippen molar-refractivity contribution in [2.45, 2.75) is 25.2 Å². The Morgan fingerprint density at radius 3 is 2.89 bits per heavy atom. The number of nitrogens with zero attached hydrogens (tertiary/aromatic N) is 3. The molecule has 2 aromatic heterocycles. The van der Waals surface area contributed by atoms with Crippen LogP contribution in [0.5, 0.6) is 5.75 Å². The molecule has 1 fully saturated rings. The first kappa shape index (κ1) is 18.2. The minimum Gasteiger partial charge on any atom is -0.482 e. The van der Waals surface area contributed by atoms with Crippen LogP contribution in [0.1, 0.15) is 36.0 Å². The van der Waals surface area contributed by atoms with Gasteiger partial charge in [0.1, 0.15) is 11.5 Å². The summed E-state index contributed by atoms with van der Waals surface area (Å²) < 4.78 is 11.5. The topological polar surface area (TPSA) is 68.5 Å². The van der Waals surface area contributed by atoms with Gasteiger partial charge in [-0.3, -0.25) is 9.78 Å². The van der Waals surface area contributed by atoms with Gasteiger partial charge in [0.2, 0.25) is 0 Å². The summed E-state index contributed by atoms with van der Waals surface area (Å²) in [6.07, 6.45) is 7.70. The number of pyridine rings is 1. The normalized spacial score (nSPS) is 16.7. The molecule has 28 heavy (non-hydrogen) atoms. The maximum Gasteiger partial charge on any atom is 0.260 e. The third-order valence-electron chi connectivity index (χ3n) is 4.91. The van der Waals surface area contributed by atoms with Crippen molar-refractivity contribution in [3.63, 3.8) is 0 Å². The Kier molecular flexibility index (Phi) is 5.66. The summed E-state index contributed by atoms with van der Waals surface area (Å²) in [5, 5.41) is 0. The zero-order valence-corrected chi connectivity index (χ0v) is 15.7. The Labute approximate surface area is 164 Å². The van der Waals surface area contributed by atoms with Gasteiger partial charge in [0.05, 0.1) is 18.3 Å². The molecule has 0 bridgehead atoms. The Morgan fingerprint density at radius 2 is 2.07 bits per heavy atom. The molecule has 0 spiro atoms. The van der Waals surface area contributed by atoms with Crippen molar-refractivity contribution in [1.29, 1.82) is 0 Å². The van der Waals surface area contributed by atoms with Crippen molar-refractivity contribution in [3.05, 3.63) is 78.3 Å². The second-order valence-electron chi connectivity index (χ2n) is 6.98. The smallest absolute Gasteiger partial charge is 0.260 e. The van der Waals surface area contributed by atoms with E-state index >= 15 is 0 Å². The zero-order valence-electron chi connectivity index (χ0n) is 15.7. The molecule has 1 saturated heterocycles. The molecular weight excluding hydrogens is 354 g/mol. The first-order valence-electron chi connectivity index (χ1n) is 9.57. The van der Waals surface area contributed by atoms with Crippen molar-refractivity contribution < 1.29 is 13.9 Å². The van der Waals surface area contributed by atoms with Gasteiger partial charge in [-0.15, -0.1) is 0 Å². The average Bonchev–Trinajstić information content (AvgIpc) is 3.22. The summed E-state index contributed by atoms with van der Waals surface area (Å²) in [7, 11) is 0. The molecule has 1 aliphatic rings. The number of rotatable bonds is 6. The fraction of sp³-hybridized carbons (Fsp3) is 0.318. The van der Waals surface area contributed by atoms with Gasteiger partial charge in [-0.25, -0.2) is 4.98 Å². The van der Waals surface area contributed by atoms with Crippen LogP contribution in [-0.4, -0.2) is 40.5 Å². The standard InChI is InChI=1S/C22H23N3O3/c26-21(16-27-19-9-4-10-23-13-19)25-11-5-8-18(15-25)22-24-14-20(28-22)12-17-6-2-1-3-7-17/h1-4,6-7,9-10,13-14,18H,5,8,11-12,15-16H2/t18-/m0/s1. The molecule has 1 atom stereocenters. The molecule has 3 aromatic rings. The number of piperidine rings is 1. The van der Waals surface area contributed by atoms with E-state index in [1.807, 2.05) is 23.1 Å². The maximum absolute atomic E-state index is 12.5. The van der Waals surface area contributed by atoms with Crippen LogP contribution in [0.25, 0.3) is 0 Å². The molecule has 1 amide bonds. The van der Waals surface area contributed by atoms with E-state index in [1.165, 1.54) is 5.56 Å². The van der Waals surface area contributed by atoms with Crippen molar-refractivity contribution in [3.8, 4) is 5.75 Å². The average molecular weight is 377 g/mol. The number of carbonyl (C=O) groups excluding carboxylic acids is 1. The van der Waals surface area contributed by atoms with E-state index in [2.05, 4.69) is 22.1 Å². The van der Waals surface area contributed by atoms with E-state index in [0.717, 1.165) is 37.5 Å². The number of oxazole rings is 1. The number of hydrogen-bond donors (Lipinski definition) is 0. The monoisotopic (exact) mass is 377 g/mol. The van der Waals surface area contributed by atoms with Crippen LogP contribution in [0, 0.1) is 0 Å². The molecule has 0 aliphatic carbocycles. The molecule has 3 heterocycles. The summed E-state index contributed by atoms with van der Waals surface area (Å²) in [5.74, 6) is 2.27.